The van der Waals surface area contributed by atoms with Crippen LogP contribution in [0.2, 0.25) is 0 Å². The van der Waals surface area contributed by atoms with E-state index in [0.29, 0.717) is 16.8 Å². The fraction of sp³-hybridized carbons (Fsp3) is 0.143. The van der Waals surface area contributed by atoms with E-state index in [2.05, 4.69) is 15.1 Å². The second-order valence-electron chi connectivity index (χ2n) is 6.44. The van der Waals surface area contributed by atoms with E-state index < -0.39 is 4.92 Å². The molecule has 1 amide bonds. The summed E-state index contributed by atoms with van der Waals surface area (Å²) in [6.07, 6.45) is 0. The van der Waals surface area contributed by atoms with Gasteiger partial charge in [0.05, 0.1) is 10.6 Å². The minimum absolute atomic E-state index is 0.00819. The largest absolute Gasteiger partial charge is 0.319 e. The average molecular weight is 376 g/mol. The number of benzene rings is 2. The Hall–Kier alpha value is -3.74. The van der Waals surface area contributed by atoms with E-state index >= 15 is 0 Å². The lowest BCUT2D eigenvalue weighted by Gasteiger charge is -2.10. The molecule has 2 aromatic carbocycles. The van der Waals surface area contributed by atoms with E-state index in [1.54, 1.807) is 31.2 Å². The van der Waals surface area contributed by atoms with Crippen LogP contribution in [0.15, 0.2) is 65.8 Å². The van der Waals surface area contributed by atoms with Gasteiger partial charge in [-0.05, 0) is 74.9 Å². The first-order valence-electron chi connectivity index (χ1n) is 8.71. The lowest BCUT2D eigenvalue weighted by Crippen LogP contribution is -2.19. The fourth-order valence-electron chi connectivity index (χ4n) is 2.93. The number of carbonyl (C=O) groups is 1. The molecule has 142 valence electrons. The number of nitro groups is 1. The Labute approximate surface area is 162 Å². The first kappa shape index (κ1) is 19.0. The highest BCUT2D eigenvalue weighted by Gasteiger charge is 2.09. The molecule has 7 nitrogen and oxygen atoms in total. The number of amides is 1. The Bertz CT molecular complexity index is 1030. The third kappa shape index (κ3) is 3.98. The third-order valence-electron chi connectivity index (χ3n) is 4.48. The molecule has 0 bridgehead atoms. The standard InChI is InChI=1S/C21H20N4O3/c1-14-4-5-15(2)24(14)19-10-8-18(9-11-19)21(26)23-22-16(3)17-6-12-20(13-7-17)25(27)28/h4-13H,1-3H3,(H,23,26)/b22-16+. The van der Waals surface area contributed by atoms with Gasteiger partial charge in [0.25, 0.3) is 11.6 Å². The lowest BCUT2D eigenvalue weighted by atomic mass is 10.1. The van der Waals surface area contributed by atoms with Crippen molar-refractivity contribution in [1.82, 2.24) is 9.99 Å². The van der Waals surface area contributed by atoms with Crippen molar-refractivity contribution in [2.24, 2.45) is 5.10 Å². The van der Waals surface area contributed by atoms with E-state index in [1.807, 2.05) is 38.1 Å². The van der Waals surface area contributed by atoms with Crippen LogP contribution in [0, 0.1) is 24.0 Å². The van der Waals surface area contributed by atoms with Crippen molar-refractivity contribution in [3.8, 4) is 5.69 Å². The van der Waals surface area contributed by atoms with Gasteiger partial charge in [-0.1, -0.05) is 0 Å². The van der Waals surface area contributed by atoms with Crippen LogP contribution in [-0.2, 0) is 0 Å². The molecule has 0 fully saturated rings. The highest BCUT2D eigenvalue weighted by molar-refractivity contribution is 6.01. The number of rotatable bonds is 5. The van der Waals surface area contributed by atoms with Gasteiger partial charge >= 0.3 is 0 Å². The summed E-state index contributed by atoms with van der Waals surface area (Å²) in [5, 5.41) is 14.8. The second-order valence-corrected chi connectivity index (χ2v) is 6.44. The topological polar surface area (TPSA) is 89.5 Å². The molecule has 0 spiro atoms. The molecule has 28 heavy (non-hydrogen) atoms. The van der Waals surface area contributed by atoms with Gasteiger partial charge in [0, 0.05) is 34.8 Å². The lowest BCUT2D eigenvalue weighted by molar-refractivity contribution is -0.384. The van der Waals surface area contributed by atoms with Crippen molar-refractivity contribution in [2.75, 3.05) is 0 Å². The number of nitrogens with one attached hydrogen (secondary N) is 1. The van der Waals surface area contributed by atoms with Gasteiger partial charge in [0.2, 0.25) is 0 Å². The number of hydrazone groups is 1. The Morgan fingerprint density at radius 3 is 2.00 bits per heavy atom. The normalized spacial score (nSPS) is 11.3. The maximum absolute atomic E-state index is 12.3. The van der Waals surface area contributed by atoms with Gasteiger partial charge < -0.3 is 4.57 Å². The first-order chi connectivity index (χ1) is 13.4. The maximum Gasteiger partial charge on any atom is 0.271 e. The van der Waals surface area contributed by atoms with Crippen molar-refractivity contribution in [1.29, 1.82) is 0 Å². The van der Waals surface area contributed by atoms with Crippen LogP contribution >= 0.6 is 0 Å². The quantitative estimate of drug-likeness (QED) is 0.412. The molecule has 0 saturated carbocycles. The van der Waals surface area contributed by atoms with Crippen molar-refractivity contribution < 1.29 is 9.72 Å². The number of aromatic nitrogens is 1. The van der Waals surface area contributed by atoms with Gasteiger partial charge in [0.15, 0.2) is 0 Å². The number of carbonyl (C=O) groups excluding carboxylic acids is 1. The third-order valence-corrected chi connectivity index (χ3v) is 4.48. The number of hydrogen-bond acceptors (Lipinski definition) is 4. The molecule has 0 aliphatic carbocycles. The van der Waals surface area contributed by atoms with Crippen LogP contribution in [0.5, 0.6) is 0 Å². The Morgan fingerprint density at radius 1 is 0.929 bits per heavy atom. The first-order valence-corrected chi connectivity index (χ1v) is 8.71. The molecule has 0 atom stereocenters. The molecule has 3 aromatic rings. The molecule has 0 unspecified atom stereocenters. The Balaban J connectivity index is 1.70. The van der Waals surface area contributed by atoms with E-state index in [0.717, 1.165) is 17.1 Å². The monoisotopic (exact) mass is 376 g/mol. The molecule has 7 heteroatoms. The summed E-state index contributed by atoms with van der Waals surface area (Å²) in [4.78, 5) is 22.6. The molecule has 1 aromatic heterocycles. The van der Waals surface area contributed by atoms with E-state index in [4.69, 9.17) is 0 Å². The minimum Gasteiger partial charge on any atom is -0.319 e. The molecule has 3 rings (SSSR count). The zero-order chi connectivity index (χ0) is 20.3. The van der Waals surface area contributed by atoms with Crippen molar-refractivity contribution in [2.45, 2.75) is 20.8 Å². The number of nitrogens with zero attached hydrogens (tertiary/aromatic N) is 3. The van der Waals surface area contributed by atoms with Crippen LogP contribution in [0.4, 0.5) is 5.69 Å². The van der Waals surface area contributed by atoms with Gasteiger partial charge in [-0.3, -0.25) is 14.9 Å². The summed E-state index contributed by atoms with van der Waals surface area (Å²) in [6, 6.07) is 17.4. The molecular formula is C21H20N4O3. The molecule has 0 aliphatic heterocycles. The predicted octanol–water partition coefficient (Wildman–Crippen LogP) is 4.16. The Kier molecular flexibility index (Phi) is 5.35. The minimum atomic E-state index is -0.460. The molecule has 0 aliphatic rings. The average Bonchev–Trinajstić information content (AvgIpc) is 3.04. The maximum atomic E-state index is 12.3. The van der Waals surface area contributed by atoms with Crippen LogP contribution in [0.1, 0.15) is 34.2 Å². The SMILES string of the molecule is C/C(=N\NC(=O)c1ccc(-n2c(C)ccc2C)cc1)c1ccc([N+](=O)[O-])cc1. The summed E-state index contributed by atoms with van der Waals surface area (Å²) in [7, 11) is 0. The van der Waals surface area contributed by atoms with Crippen LogP contribution in [0.3, 0.4) is 0 Å². The zero-order valence-corrected chi connectivity index (χ0v) is 15.8. The van der Waals surface area contributed by atoms with Crippen molar-refractivity contribution in [3.63, 3.8) is 0 Å². The number of non-ortho nitro benzene ring substituents is 1. The summed E-state index contributed by atoms with van der Waals surface area (Å²) in [5.41, 5.74) is 7.50. The summed E-state index contributed by atoms with van der Waals surface area (Å²) in [6.45, 7) is 5.79. The summed E-state index contributed by atoms with van der Waals surface area (Å²) < 4.78 is 2.11. The highest BCUT2D eigenvalue weighted by atomic mass is 16.6. The van der Waals surface area contributed by atoms with Gasteiger partial charge in [-0.25, -0.2) is 5.43 Å². The van der Waals surface area contributed by atoms with E-state index in [-0.39, 0.29) is 11.6 Å². The van der Waals surface area contributed by atoms with Crippen LogP contribution < -0.4 is 5.43 Å². The highest BCUT2D eigenvalue weighted by Crippen LogP contribution is 2.17. The molecule has 1 N–H and O–H groups in total. The smallest absolute Gasteiger partial charge is 0.271 e. The predicted molar refractivity (Wildman–Crippen MR) is 108 cm³/mol. The van der Waals surface area contributed by atoms with Crippen molar-refractivity contribution in [3.05, 3.63) is 93.3 Å². The summed E-state index contributed by atoms with van der Waals surface area (Å²) >= 11 is 0. The number of hydrogen-bond donors (Lipinski definition) is 1. The molecule has 0 radical (unpaired) electrons. The Morgan fingerprint density at radius 2 is 1.46 bits per heavy atom. The van der Waals surface area contributed by atoms with Gasteiger partial charge in [-0.2, -0.15) is 5.10 Å². The second kappa shape index (κ2) is 7.87. The van der Waals surface area contributed by atoms with Crippen LogP contribution in [-0.4, -0.2) is 21.1 Å². The van der Waals surface area contributed by atoms with Gasteiger partial charge in [-0.15, -0.1) is 0 Å². The van der Waals surface area contributed by atoms with Crippen molar-refractivity contribution >= 4 is 17.3 Å². The fourth-order valence-corrected chi connectivity index (χ4v) is 2.93. The van der Waals surface area contributed by atoms with E-state index in [9.17, 15) is 14.9 Å². The zero-order valence-electron chi connectivity index (χ0n) is 15.8. The molecule has 0 saturated heterocycles. The van der Waals surface area contributed by atoms with Gasteiger partial charge in [0.1, 0.15) is 0 Å². The van der Waals surface area contributed by atoms with Crippen LogP contribution in [0.25, 0.3) is 5.69 Å². The van der Waals surface area contributed by atoms with E-state index in [1.165, 1.54) is 12.1 Å². The molecule has 1 heterocycles. The number of nitro benzene ring substituents is 1. The molecular weight excluding hydrogens is 356 g/mol. The summed E-state index contributed by atoms with van der Waals surface area (Å²) in [5.74, 6) is -0.325. The number of aryl methyl sites for hydroxylation is 2.